The van der Waals surface area contributed by atoms with Crippen LogP contribution in [-0.2, 0) is 0 Å². The first-order valence-corrected chi connectivity index (χ1v) is 10.2. The summed E-state index contributed by atoms with van der Waals surface area (Å²) in [6, 6.07) is -0.0472. The third-order valence-corrected chi connectivity index (χ3v) is 6.49. The molecule has 1 aromatic rings. The van der Waals surface area contributed by atoms with Gasteiger partial charge in [-0.1, -0.05) is 12.8 Å². The van der Waals surface area contributed by atoms with Gasteiger partial charge in [0.2, 0.25) is 0 Å². The fraction of sp³-hybridized carbons (Fsp3) is 0.778. The maximum atomic E-state index is 12.7. The van der Waals surface area contributed by atoms with E-state index in [0.717, 1.165) is 18.5 Å². The second kappa shape index (κ2) is 8.25. The van der Waals surface area contributed by atoms with Gasteiger partial charge in [0.05, 0.1) is 17.7 Å². The predicted octanol–water partition coefficient (Wildman–Crippen LogP) is 4.19. The minimum absolute atomic E-state index is 0.0472. The van der Waals surface area contributed by atoms with Gasteiger partial charge in [-0.3, -0.25) is 9.69 Å². The maximum absolute atomic E-state index is 12.7. The molecule has 0 unspecified atom stereocenters. The van der Waals surface area contributed by atoms with E-state index in [9.17, 15) is 18.0 Å². The molecule has 4 nitrogen and oxygen atoms in total. The molecule has 0 radical (unpaired) electrons. The van der Waals surface area contributed by atoms with Crippen LogP contribution in [0.5, 0.6) is 0 Å². The SMILES string of the molecule is C[C@@H](NC(=O)c1scnc1C1CCCC1)C1CCN(CC(F)(F)F)CC1. The number of carbonyl (C=O) groups excluding carboxylic acids is 1. The molecular formula is C18H26F3N3OS. The van der Waals surface area contributed by atoms with Gasteiger partial charge in [-0.25, -0.2) is 4.98 Å². The van der Waals surface area contributed by atoms with Crippen molar-refractivity contribution in [1.29, 1.82) is 0 Å². The smallest absolute Gasteiger partial charge is 0.349 e. The van der Waals surface area contributed by atoms with Crippen LogP contribution >= 0.6 is 11.3 Å². The van der Waals surface area contributed by atoms with Crippen molar-refractivity contribution in [1.82, 2.24) is 15.2 Å². The van der Waals surface area contributed by atoms with E-state index in [1.54, 1.807) is 5.51 Å². The molecule has 2 heterocycles. The van der Waals surface area contributed by atoms with Crippen LogP contribution in [0.4, 0.5) is 13.2 Å². The van der Waals surface area contributed by atoms with Crippen LogP contribution in [0.3, 0.4) is 0 Å². The van der Waals surface area contributed by atoms with Crippen molar-refractivity contribution in [2.24, 2.45) is 5.92 Å². The van der Waals surface area contributed by atoms with E-state index in [1.807, 2.05) is 6.92 Å². The Balaban J connectivity index is 1.52. The predicted molar refractivity (Wildman–Crippen MR) is 95.5 cm³/mol. The summed E-state index contributed by atoms with van der Waals surface area (Å²) in [5.74, 6) is 0.522. The minimum Gasteiger partial charge on any atom is -0.349 e. The average Bonchev–Trinajstić information content (AvgIpc) is 3.25. The summed E-state index contributed by atoms with van der Waals surface area (Å²) in [7, 11) is 0. The first kappa shape index (κ1) is 19.6. The average molecular weight is 389 g/mol. The Morgan fingerprint density at radius 2 is 1.96 bits per heavy atom. The topological polar surface area (TPSA) is 45.2 Å². The lowest BCUT2D eigenvalue weighted by Crippen LogP contribution is -2.46. The molecule has 146 valence electrons. The molecular weight excluding hydrogens is 363 g/mol. The van der Waals surface area contributed by atoms with Crippen LogP contribution in [-0.4, -0.2) is 47.6 Å². The monoisotopic (exact) mass is 389 g/mol. The number of alkyl halides is 3. The van der Waals surface area contributed by atoms with Gasteiger partial charge in [0.15, 0.2) is 0 Å². The lowest BCUT2D eigenvalue weighted by Gasteiger charge is -2.35. The minimum atomic E-state index is -4.14. The van der Waals surface area contributed by atoms with E-state index in [1.165, 1.54) is 29.1 Å². The van der Waals surface area contributed by atoms with Crippen LogP contribution in [0, 0.1) is 5.92 Å². The van der Waals surface area contributed by atoms with E-state index < -0.39 is 12.7 Å². The van der Waals surface area contributed by atoms with Gasteiger partial charge in [-0.05, 0) is 51.6 Å². The number of carbonyl (C=O) groups is 1. The molecule has 2 fully saturated rings. The standard InChI is InChI=1S/C18H26F3N3OS/c1-12(13-6-8-24(9-7-13)10-18(19,20)21)23-17(25)16-15(22-11-26-16)14-4-2-3-5-14/h11-14H,2-10H2,1H3,(H,23,25)/t12-/m1/s1. The van der Waals surface area contributed by atoms with Crippen LogP contribution in [0.25, 0.3) is 0 Å². The molecule has 1 aromatic heterocycles. The first-order chi connectivity index (χ1) is 12.3. The molecule has 3 rings (SSSR count). The van der Waals surface area contributed by atoms with E-state index in [0.29, 0.717) is 36.7 Å². The van der Waals surface area contributed by atoms with E-state index >= 15 is 0 Å². The Morgan fingerprint density at radius 3 is 2.58 bits per heavy atom. The number of nitrogens with zero attached hydrogens (tertiary/aromatic N) is 2. The van der Waals surface area contributed by atoms with E-state index in [4.69, 9.17) is 0 Å². The molecule has 8 heteroatoms. The third-order valence-electron chi connectivity index (χ3n) is 5.64. The number of aromatic nitrogens is 1. The summed E-state index contributed by atoms with van der Waals surface area (Å²) >= 11 is 1.38. The van der Waals surface area contributed by atoms with E-state index in [2.05, 4.69) is 10.3 Å². The number of hydrogen-bond acceptors (Lipinski definition) is 4. The highest BCUT2D eigenvalue weighted by Crippen LogP contribution is 2.36. The van der Waals surface area contributed by atoms with Crippen LogP contribution in [0.15, 0.2) is 5.51 Å². The third kappa shape index (κ3) is 4.97. The van der Waals surface area contributed by atoms with Crippen molar-refractivity contribution >= 4 is 17.2 Å². The largest absolute Gasteiger partial charge is 0.401 e. The number of likely N-dealkylation sites (tertiary alicyclic amines) is 1. The molecule has 2 aliphatic rings. The summed E-state index contributed by atoms with van der Waals surface area (Å²) in [4.78, 5) is 19.3. The van der Waals surface area contributed by atoms with Gasteiger partial charge in [0, 0.05) is 12.0 Å². The quantitative estimate of drug-likeness (QED) is 0.821. The highest BCUT2D eigenvalue weighted by atomic mass is 32.1. The Kier molecular flexibility index (Phi) is 6.22. The Morgan fingerprint density at radius 1 is 1.31 bits per heavy atom. The number of halogens is 3. The Bertz CT molecular complexity index is 605. The highest BCUT2D eigenvalue weighted by molar-refractivity contribution is 7.11. The van der Waals surface area contributed by atoms with Gasteiger partial charge in [0.25, 0.3) is 5.91 Å². The van der Waals surface area contributed by atoms with Crippen molar-refractivity contribution in [2.75, 3.05) is 19.6 Å². The molecule has 1 N–H and O–H groups in total. The molecule has 0 aromatic carbocycles. The number of hydrogen-bond donors (Lipinski definition) is 1. The number of nitrogens with one attached hydrogen (secondary N) is 1. The number of amides is 1. The number of piperidine rings is 1. The van der Waals surface area contributed by atoms with Crippen molar-refractivity contribution < 1.29 is 18.0 Å². The van der Waals surface area contributed by atoms with E-state index in [-0.39, 0.29) is 17.9 Å². The lowest BCUT2D eigenvalue weighted by molar-refractivity contribution is -0.148. The summed E-state index contributed by atoms with van der Waals surface area (Å²) in [5, 5.41) is 3.07. The van der Waals surface area contributed by atoms with Crippen molar-refractivity contribution in [2.45, 2.75) is 63.6 Å². The van der Waals surface area contributed by atoms with Crippen LogP contribution in [0.2, 0.25) is 0 Å². The van der Waals surface area contributed by atoms with Crippen molar-refractivity contribution in [3.63, 3.8) is 0 Å². The van der Waals surface area contributed by atoms with Gasteiger partial charge in [0.1, 0.15) is 4.88 Å². The van der Waals surface area contributed by atoms with Gasteiger partial charge in [-0.2, -0.15) is 13.2 Å². The Labute approximate surface area is 156 Å². The summed E-state index contributed by atoms with van der Waals surface area (Å²) < 4.78 is 37.5. The summed E-state index contributed by atoms with van der Waals surface area (Å²) in [6.45, 7) is 1.97. The molecule has 1 saturated carbocycles. The zero-order valence-corrected chi connectivity index (χ0v) is 15.8. The van der Waals surface area contributed by atoms with Crippen molar-refractivity contribution in [3.8, 4) is 0 Å². The van der Waals surface area contributed by atoms with Gasteiger partial charge in [-0.15, -0.1) is 11.3 Å². The molecule has 0 bridgehead atoms. The molecule has 1 aliphatic heterocycles. The zero-order chi connectivity index (χ0) is 18.7. The van der Waals surface area contributed by atoms with Crippen molar-refractivity contribution in [3.05, 3.63) is 16.1 Å². The van der Waals surface area contributed by atoms with Gasteiger partial charge >= 0.3 is 6.18 Å². The molecule has 1 saturated heterocycles. The molecule has 0 spiro atoms. The zero-order valence-electron chi connectivity index (χ0n) is 15.0. The molecule has 1 amide bonds. The fourth-order valence-electron chi connectivity index (χ4n) is 4.17. The van der Waals surface area contributed by atoms with Crippen LogP contribution in [0.1, 0.15) is 66.7 Å². The molecule has 1 aliphatic carbocycles. The summed E-state index contributed by atoms with van der Waals surface area (Å²) in [5.41, 5.74) is 2.67. The second-order valence-corrected chi connectivity index (χ2v) is 8.39. The molecule has 1 atom stereocenters. The first-order valence-electron chi connectivity index (χ1n) is 9.37. The normalized spacial score (nSPS) is 21.8. The summed E-state index contributed by atoms with van der Waals surface area (Å²) in [6.07, 6.45) is 1.78. The van der Waals surface area contributed by atoms with Gasteiger partial charge < -0.3 is 5.32 Å². The fourth-order valence-corrected chi connectivity index (χ4v) is 4.95. The van der Waals surface area contributed by atoms with Crippen LogP contribution < -0.4 is 5.32 Å². The number of thiazole rings is 1. The molecule has 26 heavy (non-hydrogen) atoms. The highest BCUT2D eigenvalue weighted by Gasteiger charge is 2.34. The number of rotatable bonds is 5. The maximum Gasteiger partial charge on any atom is 0.401 e. The second-order valence-electron chi connectivity index (χ2n) is 7.54. The lowest BCUT2D eigenvalue weighted by atomic mass is 9.90. The Hall–Kier alpha value is -1.15.